The largest absolute Gasteiger partial charge is 0.387 e. The van der Waals surface area contributed by atoms with E-state index in [9.17, 15) is 5.11 Å². The van der Waals surface area contributed by atoms with E-state index in [4.69, 9.17) is 0 Å². The maximum absolute atomic E-state index is 10.3. The molecule has 0 aliphatic rings. The van der Waals surface area contributed by atoms with Gasteiger partial charge in [-0.05, 0) is 56.0 Å². The molecule has 0 saturated carbocycles. The maximum Gasteiger partial charge on any atom is 0.0924 e. The van der Waals surface area contributed by atoms with E-state index >= 15 is 0 Å². The fourth-order valence-electron chi connectivity index (χ4n) is 2.24. The van der Waals surface area contributed by atoms with Gasteiger partial charge in [0.1, 0.15) is 0 Å². The summed E-state index contributed by atoms with van der Waals surface area (Å²) in [5.74, 6) is 0. The van der Waals surface area contributed by atoms with Crippen molar-refractivity contribution in [2.24, 2.45) is 0 Å². The standard InChI is InChI=1S/C16H20OS/c1-10-5-6-14(8-11(10)2)9-15(17)16-12(3)7-13(4)18-16/h5-8,15,17H,9H2,1-4H3. The highest BCUT2D eigenvalue weighted by molar-refractivity contribution is 7.12. The molecule has 1 heterocycles. The van der Waals surface area contributed by atoms with Crippen molar-refractivity contribution in [1.29, 1.82) is 0 Å². The van der Waals surface area contributed by atoms with Crippen molar-refractivity contribution >= 4 is 11.3 Å². The van der Waals surface area contributed by atoms with E-state index in [0.29, 0.717) is 6.42 Å². The van der Waals surface area contributed by atoms with Crippen molar-refractivity contribution in [3.8, 4) is 0 Å². The molecule has 2 aromatic rings. The fourth-order valence-corrected chi connectivity index (χ4v) is 3.26. The van der Waals surface area contributed by atoms with Crippen LogP contribution in [0.4, 0.5) is 0 Å². The number of aryl methyl sites for hydroxylation is 4. The number of benzene rings is 1. The summed E-state index contributed by atoms with van der Waals surface area (Å²) in [7, 11) is 0. The Balaban J connectivity index is 2.18. The molecule has 0 fully saturated rings. The first-order valence-corrected chi connectivity index (χ1v) is 7.10. The monoisotopic (exact) mass is 260 g/mol. The highest BCUT2D eigenvalue weighted by atomic mass is 32.1. The average molecular weight is 260 g/mol. The Kier molecular flexibility index (Phi) is 3.88. The second kappa shape index (κ2) is 5.25. The maximum atomic E-state index is 10.3. The van der Waals surface area contributed by atoms with Crippen LogP contribution in [0.5, 0.6) is 0 Å². The zero-order valence-electron chi connectivity index (χ0n) is 11.4. The summed E-state index contributed by atoms with van der Waals surface area (Å²) in [5.41, 5.74) is 5.00. The first-order valence-electron chi connectivity index (χ1n) is 6.28. The van der Waals surface area contributed by atoms with Crippen LogP contribution in [0.1, 0.15) is 38.1 Å². The molecular formula is C16H20OS. The van der Waals surface area contributed by atoms with Crippen LogP contribution in [0.25, 0.3) is 0 Å². The number of hydrogen-bond acceptors (Lipinski definition) is 2. The molecule has 96 valence electrons. The van der Waals surface area contributed by atoms with Gasteiger partial charge in [-0.2, -0.15) is 0 Å². The molecule has 1 unspecified atom stereocenters. The molecule has 1 aromatic carbocycles. The summed E-state index contributed by atoms with van der Waals surface area (Å²) in [6.45, 7) is 8.39. The predicted molar refractivity (Wildman–Crippen MR) is 78.4 cm³/mol. The summed E-state index contributed by atoms with van der Waals surface area (Å²) in [5, 5.41) is 10.3. The number of aliphatic hydroxyl groups is 1. The minimum absolute atomic E-state index is 0.384. The van der Waals surface area contributed by atoms with E-state index in [2.05, 4.69) is 52.0 Å². The molecule has 1 N–H and O–H groups in total. The second-order valence-electron chi connectivity index (χ2n) is 5.04. The molecular weight excluding hydrogens is 240 g/mol. The van der Waals surface area contributed by atoms with Crippen LogP contribution in [0.2, 0.25) is 0 Å². The van der Waals surface area contributed by atoms with Gasteiger partial charge in [0.15, 0.2) is 0 Å². The average Bonchev–Trinajstić information content (AvgIpc) is 2.63. The van der Waals surface area contributed by atoms with Crippen LogP contribution in [-0.2, 0) is 6.42 Å². The normalized spacial score (nSPS) is 12.7. The smallest absolute Gasteiger partial charge is 0.0924 e. The minimum Gasteiger partial charge on any atom is -0.387 e. The summed E-state index contributed by atoms with van der Waals surface area (Å²) >= 11 is 1.70. The fraction of sp³-hybridized carbons (Fsp3) is 0.375. The third-order valence-corrected chi connectivity index (χ3v) is 4.64. The SMILES string of the molecule is Cc1cc(C)c(C(O)Cc2ccc(C)c(C)c2)s1. The minimum atomic E-state index is -0.384. The molecule has 0 radical (unpaired) electrons. The Morgan fingerprint density at radius 1 is 1.00 bits per heavy atom. The second-order valence-corrected chi connectivity index (χ2v) is 6.33. The van der Waals surface area contributed by atoms with Gasteiger partial charge in [0.25, 0.3) is 0 Å². The Bertz CT molecular complexity index is 554. The van der Waals surface area contributed by atoms with Gasteiger partial charge in [-0.15, -0.1) is 11.3 Å². The van der Waals surface area contributed by atoms with Crippen molar-refractivity contribution in [2.45, 2.75) is 40.2 Å². The zero-order chi connectivity index (χ0) is 13.3. The van der Waals surface area contributed by atoms with Gasteiger partial charge in [-0.25, -0.2) is 0 Å². The van der Waals surface area contributed by atoms with Crippen LogP contribution in [-0.4, -0.2) is 5.11 Å². The lowest BCUT2D eigenvalue weighted by Crippen LogP contribution is -2.01. The number of rotatable bonds is 3. The number of hydrogen-bond donors (Lipinski definition) is 1. The molecule has 1 aromatic heterocycles. The molecule has 0 saturated heterocycles. The summed E-state index contributed by atoms with van der Waals surface area (Å²) in [6.07, 6.45) is 0.313. The molecule has 0 amide bonds. The molecule has 0 aliphatic heterocycles. The van der Waals surface area contributed by atoms with Crippen LogP contribution in [0, 0.1) is 27.7 Å². The summed E-state index contributed by atoms with van der Waals surface area (Å²) in [4.78, 5) is 2.37. The lowest BCUT2D eigenvalue weighted by atomic mass is 10.0. The van der Waals surface area contributed by atoms with E-state index in [0.717, 1.165) is 4.88 Å². The van der Waals surface area contributed by atoms with Crippen molar-refractivity contribution < 1.29 is 5.11 Å². The predicted octanol–water partition coefficient (Wildman–Crippen LogP) is 4.26. The van der Waals surface area contributed by atoms with Crippen molar-refractivity contribution in [3.05, 3.63) is 56.3 Å². The van der Waals surface area contributed by atoms with Crippen molar-refractivity contribution in [3.63, 3.8) is 0 Å². The molecule has 0 spiro atoms. The van der Waals surface area contributed by atoms with Gasteiger partial charge in [-0.1, -0.05) is 18.2 Å². The van der Waals surface area contributed by atoms with Gasteiger partial charge >= 0.3 is 0 Å². The zero-order valence-corrected chi connectivity index (χ0v) is 12.3. The topological polar surface area (TPSA) is 20.2 Å². The van der Waals surface area contributed by atoms with Gasteiger partial charge in [0, 0.05) is 16.2 Å². The summed E-state index contributed by atoms with van der Waals surface area (Å²) < 4.78 is 0. The van der Waals surface area contributed by atoms with Gasteiger partial charge in [-0.3, -0.25) is 0 Å². The Morgan fingerprint density at radius 2 is 1.72 bits per heavy atom. The van der Waals surface area contributed by atoms with E-state index in [1.165, 1.54) is 27.1 Å². The molecule has 18 heavy (non-hydrogen) atoms. The molecule has 0 aliphatic carbocycles. The Hall–Kier alpha value is -1.12. The van der Waals surface area contributed by atoms with Crippen molar-refractivity contribution in [1.82, 2.24) is 0 Å². The summed E-state index contributed by atoms with van der Waals surface area (Å²) in [6, 6.07) is 8.56. The van der Waals surface area contributed by atoms with Crippen LogP contribution >= 0.6 is 11.3 Å². The highest BCUT2D eigenvalue weighted by Gasteiger charge is 2.14. The van der Waals surface area contributed by atoms with Crippen LogP contribution in [0.3, 0.4) is 0 Å². The van der Waals surface area contributed by atoms with Gasteiger partial charge < -0.3 is 5.11 Å². The lowest BCUT2D eigenvalue weighted by Gasteiger charge is -2.11. The van der Waals surface area contributed by atoms with Gasteiger partial charge in [0.2, 0.25) is 0 Å². The molecule has 0 bridgehead atoms. The quantitative estimate of drug-likeness (QED) is 0.874. The van der Waals surface area contributed by atoms with Crippen LogP contribution in [0.15, 0.2) is 24.3 Å². The molecule has 1 nitrogen and oxygen atoms in total. The highest BCUT2D eigenvalue weighted by Crippen LogP contribution is 2.29. The van der Waals surface area contributed by atoms with Crippen LogP contribution < -0.4 is 0 Å². The van der Waals surface area contributed by atoms with Crippen molar-refractivity contribution in [2.75, 3.05) is 0 Å². The Labute approximate surface area is 113 Å². The first kappa shape index (κ1) is 13.3. The molecule has 2 rings (SSSR count). The van der Waals surface area contributed by atoms with E-state index < -0.39 is 0 Å². The van der Waals surface area contributed by atoms with E-state index in [1.807, 2.05) is 0 Å². The third kappa shape index (κ3) is 2.82. The number of thiophene rings is 1. The van der Waals surface area contributed by atoms with E-state index in [1.54, 1.807) is 11.3 Å². The Morgan fingerprint density at radius 3 is 2.28 bits per heavy atom. The number of aliphatic hydroxyl groups excluding tert-OH is 1. The first-order chi connectivity index (χ1) is 8.47. The molecule has 1 atom stereocenters. The van der Waals surface area contributed by atoms with E-state index in [-0.39, 0.29) is 6.10 Å². The lowest BCUT2D eigenvalue weighted by molar-refractivity contribution is 0.181. The molecule has 2 heteroatoms. The third-order valence-electron chi connectivity index (χ3n) is 3.38. The van der Waals surface area contributed by atoms with Gasteiger partial charge in [0.05, 0.1) is 6.10 Å².